The minimum Gasteiger partial charge on any atom is -0.401 e. The van der Waals surface area contributed by atoms with Crippen molar-refractivity contribution in [1.82, 2.24) is 4.90 Å². The van der Waals surface area contributed by atoms with Crippen LogP contribution in [0, 0.1) is 0 Å². The molecule has 3 N–H and O–H groups in total. The van der Waals surface area contributed by atoms with Gasteiger partial charge in [-0.25, -0.2) is 0 Å². The van der Waals surface area contributed by atoms with Gasteiger partial charge in [-0.05, 0) is 0 Å². The third-order valence-corrected chi connectivity index (χ3v) is 2.29. The fourth-order valence-electron chi connectivity index (χ4n) is 1.15. The van der Waals surface area contributed by atoms with Crippen molar-refractivity contribution in [1.29, 1.82) is 0 Å². The minimum absolute atomic E-state index is 0.209. The maximum absolute atomic E-state index is 8.66. The molecule has 0 aromatic rings. The van der Waals surface area contributed by atoms with E-state index in [0.717, 1.165) is 36.7 Å². The number of nitrogens with two attached hydrogens (primary N) is 1. The summed E-state index contributed by atoms with van der Waals surface area (Å²) in [4.78, 5) is 3.09. The van der Waals surface area contributed by atoms with Crippen LogP contribution < -0.4 is 5.73 Å². The van der Waals surface area contributed by atoms with Crippen LogP contribution in [-0.4, -0.2) is 36.2 Å². The number of hydrogen-bond acceptors (Lipinski definition) is 4. The van der Waals surface area contributed by atoms with Crippen molar-refractivity contribution in [2.45, 2.75) is 6.42 Å². The summed E-state index contributed by atoms with van der Waals surface area (Å²) < 4.78 is 0. The Morgan fingerprint density at radius 2 is 2.36 bits per heavy atom. The smallest absolute Gasteiger partial charge is 0.0558 e. The molecule has 1 aliphatic rings. The van der Waals surface area contributed by atoms with Crippen molar-refractivity contribution in [3.8, 4) is 0 Å². The molecular formula is C7H14N2OS. The first-order valence-corrected chi connectivity index (χ1v) is 4.18. The molecule has 1 rings (SSSR count). The number of nitrogens with zero attached hydrogens (tertiary/aromatic N) is 1. The first-order valence-electron chi connectivity index (χ1n) is 3.73. The van der Waals surface area contributed by atoms with Crippen LogP contribution in [0.4, 0.5) is 0 Å². The summed E-state index contributed by atoms with van der Waals surface area (Å²) in [6.07, 6.45) is 0.874. The summed E-state index contributed by atoms with van der Waals surface area (Å²) in [5.41, 5.74) is 6.54. The zero-order valence-corrected chi connectivity index (χ0v) is 7.35. The predicted molar refractivity (Wildman–Crippen MR) is 48.3 cm³/mol. The summed E-state index contributed by atoms with van der Waals surface area (Å²) in [5.74, 6) is 0. The minimum atomic E-state index is 0.209. The molecule has 0 fully saturated rings. The van der Waals surface area contributed by atoms with E-state index in [1.54, 1.807) is 0 Å². The van der Waals surface area contributed by atoms with Gasteiger partial charge in [0.1, 0.15) is 0 Å². The summed E-state index contributed by atoms with van der Waals surface area (Å²) in [6.45, 7) is 2.66. The molecule has 0 aliphatic carbocycles. The lowest BCUT2D eigenvalue weighted by molar-refractivity contribution is 0.203. The molecule has 0 saturated carbocycles. The second-order valence-electron chi connectivity index (χ2n) is 2.72. The van der Waals surface area contributed by atoms with Crippen molar-refractivity contribution in [3.05, 3.63) is 10.6 Å². The van der Waals surface area contributed by atoms with Gasteiger partial charge < -0.3 is 10.8 Å². The van der Waals surface area contributed by atoms with Crippen molar-refractivity contribution in [2.24, 2.45) is 5.73 Å². The lowest BCUT2D eigenvalue weighted by Crippen LogP contribution is -2.34. The van der Waals surface area contributed by atoms with Gasteiger partial charge in [-0.15, -0.1) is 12.6 Å². The molecule has 1 heterocycles. The maximum Gasteiger partial charge on any atom is 0.0558 e. The van der Waals surface area contributed by atoms with Gasteiger partial charge >= 0.3 is 0 Å². The normalized spacial score (nSPS) is 20.9. The van der Waals surface area contributed by atoms with Gasteiger partial charge in [-0.3, -0.25) is 4.90 Å². The number of aliphatic hydroxyl groups excluding tert-OH is 1. The van der Waals surface area contributed by atoms with Crippen LogP contribution >= 0.6 is 12.6 Å². The zero-order chi connectivity index (χ0) is 8.27. The van der Waals surface area contributed by atoms with Gasteiger partial charge in [0.25, 0.3) is 0 Å². The first-order chi connectivity index (χ1) is 5.24. The molecule has 0 bridgehead atoms. The lowest BCUT2D eigenvalue weighted by atomic mass is 10.2. The summed E-state index contributed by atoms with van der Waals surface area (Å²) in [5, 5.41) is 8.66. The maximum atomic E-state index is 8.66. The number of rotatable bonds is 2. The molecule has 4 heteroatoms. The Morgan fingerprint density at radius 3 is 2.91 bits per heavy atom. The van der Waals surface area contributed by atoms with Gasteiger partial charge in [0, 0.05) is 36.7 Å². The third kappa shape index (κ3) is 2.39. The molecular weight excluding hydrogens is 160 g/mol. The fraction of sp³-hybridized carbons (Fsp3) is 0.714. The Morgan fingerprint density at radius 1 is 1.64 bits per heavy atom. The number of aliphatic hydroxyl groups is 1. The topological polar surface area (TPSA) is 49.5 Å². The van der Waals surface area contributed by atoms with Crippen LogP contribution in [0.25, 0.3) is 0 Å². The van der Waals surface area contributed by atoms with Crippen LogP contribution in [0.5, 0.6) is 0 Å². The third-order valence-electron chi connectivity index (χ3n) is 1.86. The molecule has 0 aromatic carbocycles. The lowest BCUT2D eigenvalue weighted by Gasteiger charge is -2.26. The first kappa shape index (κ1) is 8.90. The van der Waals surface area contributed by atoms with E-state index >= 15 is 0 Å². The van der Waals surface area contributed by atoms with E-state index in [9.17, 15) is 0 Å². The van der Waals surface area contributed by atoms with Crippen molar-refractivity contribution >= 4 is 12.6 Å². The molecule has 0 radical (unpaired) electrons. The quantitative estimate of drug-likeness (QED) is 0.507. The highest BCUT2D eigenvalue weighted by molar-refractivity contribution is 7.84. The second-order valence-corrected chi connectivity index (χ2v) is 3.26. The Kier molecular flexibility index (Phi) is 3.23. The van der Waals surface area contributed by atoms with Crippen molar-refractivity contribution in [2.75, 3.05) is 26.2 Å². The van der Waals surface area contributed by atoms with Crippen molar-refractivity contribution in [3.63, 3.8) is 0 Å². The Hall–Kier alpha value is -0.190. The van der Waals surface area contributed by atoms with E-state index in [2.05, 4.69) is 17.5 Å². The van der Waals surface area contributed by atoms with Crippen LogP contribution in [0.2, 0.25) is 0 Å². The van der Waals surface area contributed by atoms with E-state index in [4.69, 9.17) is 10.8 Å². The molecule has 3 nitrogen and oxygen atoms in total. The molecule has 0 amide bonds. The van der Waals surface area contributed by atoms with Crippen LogP contribution in [0.3, 0.4) is 0 Å². The highest BCUT2D eigenvalue weighted by Gasteiger charge is 2.13. The van der Waals surface area contributed by atoms with E-state index < -0.39 is 0 Å². The Labute approximate surface area is 72.3 Å². The summed E-state index contributed by atoms with van der Waals surface area (Å²) in [7, 11) is 0. The number of hydrogen-bond donors (Lipinski definition) is 3. The standard InChI is InChI=1S/C7H14N2OS/c8-6-1-2-9(3-4-10)5-7(6)11/h10-11H,1-5,8H2. The van der Waals surface area contributed by atoms with E-state index in [1.165, 1.54) is 0 Å². The average Bonchev–Trinajstić information content (AvgIpc) is 1.98. The van der Waals surface area contributed by atoms with E-state index in [0.29, 0.717) is 0 Å². The second kappa shape index (κ2) is 3.99. The van der Waals surface area contributed by atoms with Gasteiger partial charge in [0.05, 0.1) is 6.61 Å². The molecule has 0 saturated heterocycles. The van der Waals surface area contributed by atoms with Gasteiger partial charge in [-0.2, -0.15) is 0 Å². The van der Waals surface area contributed by atoms with Crippen molar-refractivity contribution < 1.29 is 5.11 Å². The van der Waals surface area contributed by atoms with E-state index in [1.807, 2.05) is 0 Å². The van der Waals surface area contributed by atoms with E-state index in [-0.39, 0.29) is 6.61 Å². The monoisotopic (exact) mass is 174 g/mol. The molecule has 64 valence electrons. The fourth-order valence-corrected chi connectivity index (χ4v) is 1.46. The highest BCUT2D eigenvalue weighted by atomic mass is 32.1. The SMILES string of the molecule is NC1=C(S)CN(CCO)CC1. The molecule has 0 unspecified atom stereocenters. The van der Waals surface area contributed by atoms with Crippen LogP contribution in [0.15, 0.2) is 10.6 Å². The number of β-amino-alcohol motifs (C(OH)–C–C–N with tert-alkyl or cyclic N) is 1. The molecule has 0 spiro atoms. The largest absolute Gasteiger partial charge is 0.401 e. The number of thiol groups is 1. The van der Waals surface area contributed by atoms with Gasteiger partial charge in [0.15, 0.2) is 0 Å². The zero-order valence-electron chi connectivity index (χ0n) is 6.45. The Bertz CT molecular complexity index is 170. The molecule has 1 aliphatic heterocycles. The summed E-state index contributed by atoms with van der Waals surface area (Å²) >= 11 is 4.24. The average molecular weight is 174 g/mol. The molecule has 0 aromatic heterocycles. The predicted octanol–water partition coefficient (Wildman–Crippen LogP) is -0.216. The van der Waals surface area contributed by atoms with Gasteiger partial charge in [0.2, 0.25) is 0 Å². The van der Waals surface area contributed by atoms with Crippen LogP contribution in [0.1, 0.15) is 6.42 Å². The molecule has 11 heavy (non-hydrogen) atoms. The van der Waals surface area contributed by atoms with Crippen LogP contribution in [-0.2, 0) is 0 Å². The summed E-state index contributed by atoms with van der Waals surface area (Å²) in [6, 6.07) is 0. The molecule has 0 atom stereocenters. The Balaban J connectivity index is 2.44. The van der Waals surface area contributed by atoms with Gasteiger partial charge in [-0.1, -0.05) is 0 Å². The highest BCUT2D eigenvalue weighted by Crippen LogP contribution is 2.15.